The molecule has 0 aromatic carbocycles. The molecule has 0 aromatic rings. The van der Waals surface area contributed by atoms with Crippen LogP contribution in [0.2, 0.25) is 54.4 Å². The third kappa shape index (κ3) is 25.1. The SMILES string of the molecule is CC/C=C\C/C=C\C/C=C\C/C=C\C/C=C\C/C=C\CCC(=O)OC[C@@H](C)[C@@H](O[Si](C)(C)C(C)(C)C)[C@H](O[Si](C)(C)C(C)(C)C)[C@@H](COC(=O)/C=C/C(=O)OC)O[Si](C)(C)C(C)(C)C. The van der Waals surface area contributed by atoms with Gasteiger partial charge in [-0.05, 0) is 99.3 Å². The van der Waals surface area contributed by atoms with E-state index in [1.54, 1.807) is 0 Å². The summed E-state index contributed by atoms with van der Waals surface area (Å²) in [5, 5.41) is -0.504. The number of rotatable bonds is 29. The predicted molar refractivity (Wildman–Crippen MR) is 276 cm³/mol. The zero-order chi connectivity index (χ0) is 49.3. The molecule has 9 nitrogen and oxygen atoms in total. The maximum absolute atomic E-state index is 13.2. The standard InChI is InChI=1S/C52H92O9Si3/c1-19-20-21-22-23-24-25-26-27-28-29-30-31-32-33-34-35-36-37-38-46(54)57-41-43(2)48(60-63(15,16)51(6,7)8)49(61-64(17,18)52(9,10)11)44(59-62(13,14)50(3,4)5)42-58-47(55)40-39-45(53)56-12/h20-21,23-24,26-27,29-30,32-33,35-36,39-40,43-44,48-49H,19,22,25,28,31,34,37-38,41-42H2,1-18H3/b21-20-,24-23-,27-26-,30-29-,33-32-,36-35-,40-39+/t43-,44-,48-,49-/m1/s1. The fourth-order valence-electron chi connectivity index (χ4n) is 5.30. The highest BCUT2D eigenvalue weighted by Gasteiger charge is 2.51. The fourth-order valence-corrected chi connectivity index (χ4v) is 9.33. The molecular formula is C52H92O9Si3. The Balaban J connectivity index is 6.18. The first kappa shape index (κ1) is 61.1. The molecule has 0 fully saturated rings. The van der Waals surface area contributed by atoms with Crippen molar-refractivity contribution < 1.29 is 41.9 Å². The summed E-state index contributed by atoms with van der Waals surface area (Å²) in [5.41, 5.74) is 0. The average molecular weight is 946 g/mol. The van der Waals surface area contributed by atoms with Crippen molar-refractivity contribution in [2.75, 3.05) is 20.3 Å². The Labute approximate surface area is 394 Å². The fraction of sp³-hybridized carbons (Fsp3) is 0.673. The molecule has 0 bridgehead atoms. The Bertz CT molecular complexity index is 1580. The number of ether oxygens (including phenoxy) is 3. The van der Waals surface area contributed by atoms with Gasteiger partial charge < -0.3 is 27.5 Å². The van der Waals surface area contributed by atoms with Crippen molar-refractivity contribution in [2.45, 2.75) is 200 Å². The van der Waals surface area contributed by atoms with Crippen molar-refractivity contribution in [1.29, 1.82) is 0 Å². The molecular weight excluding hydrogens is 853 g/mol. The van der Waals surface area contributed by atoms with Crippen LogP contribution in [0.1, 0.15) is 128 Å². The molecule has 366 valence electrons. The Hall–Kier alpha value is -2.88. The molecule has 0 saturated heterocycles. The second-order valence-corrected chi connectivity index (χ2v) is 35.5. The second-order valence-electron chi connectivity index (χ2n) is 21.2. The highest BCUT2D eigenvalue weighted by molar-refractivity contribution is 6.75. The molecule has 0 rings (SSSR count). The second kappa shape index (κ2) is 29.7. The number of carbonyl (C=O) groups excluding carboxylic acids is 3. The molecule has 0 aliphatic heterocycles. The minimum atomic E-state index is -2.54. The van der Waals surface area contributed by atoms with Crippen LogP contribution in [0.25, 0.3) is 0 Å². The summed E-state index contributed by atoms with van der Waals surface area (Å²) in [5.74, 6) is -1.94. The first-order valence-electron chi connectivity index (χ1n) is 23.5. The zero-order valence-corrected chi connectivity index (χ0v) is 46.6. The van der Waals surface area contributed by atoms with E-state index in [2.05, 4.69) is 180 Å². The Morgan fingerprint density at radius 2 is 0.875 bits per heavy atom. The molecule has 0 heterocycles. The van der Waals surface area contributed by atoms with E-state index in [4.69, 9.17) is 22.8 Å². The van der Waals surface area contributed by atoms with Crippen LogP contribution in [-0.4, -0.2) is 81.5 Å². The van der Waals surface area contributed by atoms with Gasteiger partial charge in [-0.3, -0.25) is 4.79 Å². The summed E-state index contributed by atoms with van der Waals surface area (Å²) in [6.07, 6.45) is 32.6. The largest absolute Gasteiger partial charge is 0.466 e. The number of allylic oxidation sites excluding steroid dienone is 12. The molecule has 0 aromatic heterocycles. The molecule has 0 aliphatic rings. The predicted octanol–water partition coefficient (Wildman–Crippen LogP) is 14.1. The maximum Gasteiger partial charge on any atom is 0.331 e. The number of methoxy groups -OCH3 is 1. The van der Waals surface area contributed by atoms with Crippen molar-refractivity contribution in [3.8, 4) is 0 Å². The van der Waals surface area contributed by atoms with E-state index in [0.29, 0.717) is 6.42 Å². The van der Waals surface area contributed by atoms with Crippen molar-refractivity contribution in [3.05, 3.63) is 85.1 Å². The topological polar surface area (TPSA) is 107 Å². The van der Waals surface area contributed by atoms with Crippen LogP contribution in [0, 0.1) is 5.92 Å². The van der Waals surface area contributed by atoms with E-state index >= 15 is 0 Å². The van der Waals surface area contributed by atoms with Gasteiger partial charge in [0.1, 0.15) is 12.7 Å². The van der Waals surface area contributed by atoms with Gasteiger partial charge in [0.2, 0.25) is 0 Å². The van der Waals surface area contributed by atoms with Crippen molar-refractivity contribution in [2.24, 2.45) is 5.92 Å². The van der Waals surface area contributed by atoms with Crippen molar-refractivity contribution in [3.63, 3.8) is 0 Å². The van der Waals surface area contributed by atoms with E-state index in [-0.39, 0.29) is 46.6 Å². The molecule has 0 aliphatic carbocycles. The van der Waals surface area contributed by atoms with E-state index in [0.717, 1.165) is 50.7 Å². The van der Waals surface area contributed by atoms with Gasteiger partial charge in [0.25, 0.3) is 0 Å². The summed E-state index contributed by atoms with van der Waals surface area (Å²) in [6.45, 7) is 36.9. The summed E-state index contributed by atoms with van der Waals surface area (Å²) >= 11 is 0. The number of esters is 3. The summed E-state index contributed by atoms with van der Waals surface area (Å²) in [6, 6.07) is 0. The monoisotopic (exact) mass is 945 g/mol. The summed E-state index contributed by atoms with van der Waals surface area (Å²) in [7, 11) is -6.31. The molecule has 4 atom stereocenters. The lowest BCUT2D eigenvalue weighted by atomic mass is 9.97. The average Bonchev–Trinajstić information content (AvgIpc) is 3.18. The number of hydrogen-bond donors (Lipinski definition) is 0. The van der Waals surface area contributed by atoms with Gasteiger partial charge in [0.05, 0.1) is 25.9 Å². The van der Waals surface area contributed by atoms with Crippen LogP contribution in [0.4, 0.5) is 0 Å². The van der Waals surface area contributed by atoms with Gasteiger partial charge in [-0.2, -0.15) is 0 Å². The van der Waals surface area contributed by atoms with Crippen molar-refractivity contribution in [1.82, 2.24) is 0 Å². The maximum atomic E-state index is 13.2. The highest BCUT2D eigenvalue weighted by atomic mass is 28.4. The van der Waals surface area contributed by atoms with E-state index < -0.39 is 55.2 Å². The van der Waals surface area contributed by atoms with Crippen LogP contribution in [-0.2, 0) is 41.9 Å². The van der Waals surface area contributed by atoms with Crippen LogP contribution >= 0.6 is 0 Å². The summed E-state index contributed by atoms with van der Waals surface area (Å²) < 4.78 is 38.4. The van der Waals surface area contributed by atoms with E-state index in [1.807, 2.05) is 13.0 Å². The normalized spacial score (nSPS) is 16.0. The zero-order valence-electron chi connectivity index (χ0n) is 43.6. The molecule has 0 unspecified atom stereocenters. The number of carbonyl (C=O) groups is 3. The Morgan fingerprint density at radius 1 is 0.500 bits per heavy atom. The van der Waals surface area contributed by atoms with Gasteiger partial charge in [0, 0.05) is 24.5 Å². The third-order valence-corrected chi connectivity index (χ3v) is 26.0. The van der Waals surface area contributed by atoms with Gasteiger partial charge in [-0.1, -0.05) is 149 Å². The van der Waals surface area contributed by atoms with E-state index in [1.165, 1.54) is 7.11 Å². The van der Waals surface area contributed by atoms with Crippen LogP contribution < -0.4 is 0 Å². The third-order valence-electron chi connectivity index (χ3n) is 12.5. The van der Waals surface area contributed by atoms with Gasteiger partial charge in [-0.15, -0.1) is 0 Å². The quantitative estimate of drug-likeness (QED) is 0.0238. The molecule has 12 heteroatoms. The molecule has 0 N–H and O–H groups in total. The smallest absolute Gasteiger partial charge is 0.331 e. The number of hydrogen-bond acceptors (Lipinski definition) is 9. The Kier molecular flexibility index (Phi) is 28.4. The molecule has 0 saturated carbocycles. The first-order chi connectivity index (χ1) is 29.5. The minimum absolute atomic E-state index is 0.119. The lowest BCUT2D eigenvalue weighted by Crippen LogP contribution is -2.60. The van der Waals surface area contributed by atoms with Gasteiger partial charge in [-0.25, -0.2) is 9.59 Å². The van der Waals surface area contributed by atoms with Crippen molar-refractivity contribution >= 4 is 42.9 Å². The molecule has 0 spiro atoms. The molecule has 0 radical (unpaired) electrons. The van der Waals surface area contributed by atoms with Gasteiger partial charge >= 0.3 is 17.9 Å². The summed E-state index contributed by atoms with van der Waals surface area (Å²) in [4.78, 5) is 38.0. The molecule has 64 heavy (non-hydrogen) atoms. The lowest BCUT2D eigenvalue weighted by molar-refractivity contribution is -0.151. The lowest BCUT2D eigenvalue weighted by Gasteiger charge is -2.50. The van der Waals surface area contributed by atoms with Gasteiger partial charge in [0.15, 0.2) is 25.0 Å². The van der Waals surface area contributed by atoms with Crippen LogP contribution in [0.3, 0.4) is 0 Å². The van der Waals surface area contributed by atoms with E-state index in [9.17, 15) is 14.4 Å². The first-order valence-corrected chi connectivity index (χ1v) is 32.3. The highest BCUT2D eigenvalue weighted by Crippen LogP contribution is 2.44. The Morgan fingerprint density at radius 3 is 1.28 bits per heavy atom. The van der Waals surface area contributed by atoms with Crippen LogP contribution in [0.15, 0.2) is 85.1 Å². The molecule has 0 amide bonds. The minimum Gasteiger partial charge on any atom is -0.466 e. The van der Waals surface area contributed by atoms with Crippen LogP contribution in [0.5, 0.6) is 0 Å².